The lowest BCUT2D eigenvalue weighted by Crippen LogP contribution is -2.13. The van der Waals surface area contributed by atoms with Crippen LogP contribution < -0.4 is 5.32 Å². The van der Waals surface area contributed by atoms with Gasteiger partial charge in [0.2, 0.25) is 0 Å². The first kappa shape index (κ1) is 10.4. The molecule has 0 aliphatic carbocycles. The molecule has 0 saturated carbocycles. The standard InChI is InChI=1S/C14H17N3/c1-17-9-7-13(16-17)10-12-5-2-4-11-6-3-8-15-14(11)12/h2,4-5,7,9,15H,3,6,8,10H2,1H3. The number of benzene rings is 1. The first-order chi connectivity index (χ1) is 8.33. The fourth-order valence-corrected chi connectivity index (χ4v) is 2.48. The number of hydrogen-bond donors (Lipinski definition) is 1. The van der Waals surface area contributed by atoms with E-state index >= 15 is 0 Å². The van der Waals surface area contributed by atoms with Crippen LogP contribution >= 0.6 is 0 Å². The summed E-state index contributed by atoms with van der Waals surface area (Å²) in [6.07, 6.45) is 5.34. The first-order valence-electron chi connectivity index (χ1n) is 6.16. The number of aromatic nitrogens is 2. The monoisotopic (exact) mass is 227 g/mol. The van der Waals surface area contributed by atoms with Gasteiger partial charge in [0.15, 0.2) is 0 Å². The van der Waals surface area contributed by atoms with Crippen LogP contribution in [0.25, 0.3) is 0 Å². The fourth-order valence-electron chi connectivity index (χ4n) is 2.48. The van der Waals surface area contributed by atoms with E-state index in [-0.39, 0.29) is 0 Å². The Labute approximate surface area is 101 Å². The maximum Gasteiger partial charge on any atom is 0.0669 e. The van der Waals surface area contributed by atoms with Gasteiger partial charge in [-0.2, -0.15) is 5.10 Å². The summed E-state index contributed by atoms with van der Waals surface area (Å²) < 4.78 is 1.86. The molecule has 0 radical (unpaired) electrons. The van der Waals surface area contributed by atoms with Crippen molar-refractivity contribution in [2.24, 2.45) is 7.05 Å². The van der Waals surface area contributed by atoms with Gasteiger partial charge in [-0.1, -0.05) is 18.2 Å². The Morgan fingerprint density at radius 3 is 3.12 bits per heavy atom. The van der Waals surface area contributed by atoms with Gasteiger partial charge in [0.1, 0.15) is 0 Å². The summed E-state index contributed by atoms with van der Waals surface area (Å²) in [5, 5.41) is 7.97. The van der Waals surface area contributed by atoms with Gasteiger partial charge in [0, 0.05) is 31.9 Å². The lowest BCUT2D eigenvalue weighted by Gasteiger charge is -2.20. The van der Waals surface area contributed by atoms with Crippen LogP contribution in [-0.2, 0) is 19.9 Å². The second-order valence-corrected chi connectivity index (χ2v) is 4.64. The molecule has 1 aromatic heterocycles. The SMILES string of the molecule is Cn1ccc(Cc2cccc3c2NCCC3)n1. The summed E-state index contributed by atoms with van der Waals surface area (Å²) in [6.45, 7) is 1.09. The van der Waals surface area contributed by atoms with Crippen molar-refractivity contribution in [3.63, 3.8) is 0 Å². The summed E-state index contributed by atoms with van der Waals surface area (Å²) >= 11 is 0. The molecule has 1 aliphatic rings. The molecule has 0 spiro atoms. The molecule has 0 saturated heterocycles. The molecule has 0 bridgehead atoms. The van der Waals surface area contributed by atoms with E-state index < -0.39 is 0 Å². The van der Waals surface area contributed by atoms with Crippen molar-refractivity contribution in [1.29, 1.82) is 0 Å². The zero-order valence-electron chi connectivity index (χ0n) is 10.1. The lowest BCUT2D eigenvalue weighted by atomic mass is 9.97. The maximum absolute atomic E-state index is 4.44. The Morgan fingerprint density at radius 2 is 2.29 bits per heavy atom. The molecule has 2 aromatic rings. The van der Waals surface area contributed by atoms with Crippen LogP contribution in [0.5, 0.6) is 0 Å². The molecular formula is C14H17N3. The predicted molar refractivity (Wildman–Crippen MR) is 69.3 cm³/mol. The molecule has 17 heavy (non-hydrogen) atoms. The van der Waals surface area contributed by atoms with E-state index in [2.05, 4.69) is 34.7 Å². The third-order valence-electron chi connectivity index (χ3n) is 3.30. The zero-order chi connectivity index (χ0) is 11.7. The van der Waals surface area contributed by atoms with Gasteiger partial charge in [-0.05, 0) is 30.0 Å². The minimum Gasteiger partial charge on any atom is -0.385 e. The largest absolute Gasteiger partial charge is 0.385 e. The zero-order valence-corrected chi connectivity index (χ0v) is 10.1. The van der Waals surface area contributed by atoms with Gasteiger partial charge in [0.05, 0.1) is 5.69 Å². The van der Waals surface area contributed by atoms with Gasteiger partial charge < -0.3 is 5.32 Å². The van der Waals surface area contributed by atoms with Crippen molar-refractivity contribution in [3.8, 4) is 0 Å². The van der Waals surface area contributed by atoms with Gasteiger partial charge in [-0.15, -0.1) is 0 Å². The van der Waals surface area contributed by atoms with Gasteiger partial charge in [0.25, 0.3) is 0 Å². The second kappa shape index (κ2) is 4.24. The van der Waals surface area contributed by atoms with E-state index in [1.54, 1.807) is 0 Å². The Morgan fingerprint density at radius 1 is 1.35 bits per heavy atom. The summed E-state index contributed by atoms with van der Waals surface area (Å²) in [7, 11) is 1.96. The average molecular weight is 227 g/mol. The summed E-state index contributed by atoms with van der Waals surface area (Å²) in [5.74, 6) is 0. The number of nitrogens with zero attached hydrogens (tertiary/aromatic N) is 2. The van der Waals surface area contributed by atoms with E-state index in [1.165, 1.54) is 29.7 Å². The number of rotatable bonds is 2. The molecule has 0 fully saturated rings. The number of anilines is 1. The topological polar surface area (TPSA) is 29.9 Å². The third-order valence-corrected chi connectivity index (χ3v) is 3.30. The van der Waals surface area contributed by atoms with Crippen molar-refractivity contribution in [2.75, 3.05) is 11.9 Å². The molecule has 3 rings (SSSR count). The van der Waals surface area contributed by atoms with Crippen molar-refractivity contribution in [3.05, 3.63) is 47.3 Å². The Kier molecular flexibility index (Phi) is 2.59. The highest BCUT2D eigenvalue weighted by Gasteiger charge is 2.12. The Bertz CT molecular complexity index is 528. The highest BCUT2D eigenvalue weighted by Crippen LogP contribution is 2.27. The number of aryl methyl sites for hydroxylation is 2. The molecule has 1 aromatic carbocycles. The number of fused-ring (bicyclic) bond motifs is 1. The molecular weight excluding hydrogens is 210 g/mol. The summed E-state index contributed by atoms with van der Waals surface area (Å²) in [5.41, 5.74) is 5.28. The lowest BCUT2D eigenvalue weighted by molar-refractivity contribution is 0.748. The maximum atomic E-state index is 4.44. The molecule has 3 heteroatoms. The third kappa shape index (κ3) is 2.05. The van der Waals surface area contributed by atoms with Gasteiger partial charge in [-0.25, -0.2) is 0 Å². The molecule has 0 unspecified atom stereocenters. The molecule has 1 aliphatic heterocycles. The molecule has 0 amide bonds. The van der Waals surface area contributed by atoms with Crippen molar-refractivity contribution in [1.82, 2.24) is 9.78 Å². The van der Waals surface area contributed by atoms with E-state index in [0.29, 0.717) is 0 Å². The minimum absolute atomic E-state index is 0.914. The fraction of sp³-hybridized carbons (Fsp3) is 0.357. The highest BCUT2D eigenvalue weighted by atomic mass is 15.2. The smallest absolute Gasteiger partial charge is 0.0669 e. The average Bonchev–Trinajstić information content (AvgIpc) is 2.75. The van der Waals surface area contributed by atoms with Crippen LogP contribution in [0, 0.1) is 0 Å². The Hall–Kier alpha value is -1.77. The molecule has 2 heterocycles. The van der Waals surface area contributed by atoms with Gasteiger partial charge >= 0.3 is 0 Å². The second-order valence-electron chi connectivity index (χ2n) is 4.64. The number of hydrogen-bond acceptors (Lipinski definition) is 2. The highest BCUT2D eigenvalue weighted by molar-refractivity contribution is 5.60. The van der Waals surface area contributed by atoms with Crippen LogP contribution in [0.4, 0.5) is 5.69 Å². The van der Waals surface area contributed by atoms with Gasteiger partial charge in [-0.3, -0.25) is 4.68 Å². The molecule has 3 nitrogen and oxygen atoms in total. The van der Waals surface area contributed by atoms with Crippen LogP contribution in [0.2, 0.25) is 0 Å². The number of para-hydroxylation sites is 1. The van der Waals surface area contributed by atoms with Crippen LogP contribution in [0.15, 0.2) is 30.5 Å². The Balaban J connectivity index is 1.92. The number of nitrogens with one attached hydrogen (secondary N) is 1. The van der Waals surface area contributed by atoms with Crippen molar-refractivity contribution < 1.29 is 0 Å². The van der Waals surface area contributed by atoms with Crippen LogP contribution in [0.3, 0.4) is 0 Å². The van der Waals surface area contributed by atoms with E-state index in [9.17, 15) is 0 Å². The van der Waals surface area contributed by atoms with E-state index in [4.69, 9.17) is 0 Å². The normalized spacial score (nSPS) is 14.2. The van der Waals surface area contributed by atoms with Crippen LogP contribution in [0.1, 0.15) is 23.2 Å². The first-order valence-corrected chi connectivity index (χ1v) is 6.16. The predicted octanol–water partition coefficient (Wildman–Crippen LogP) is 2.37. The molecule has 0 atom stereocenters. The quantitative estimate of drug-likeness (QED) is 0.853. The van der Waals surface area contributed by atoms with Crippen molar-refractivity contribution in [2.45, 2.75) is 19.3 Å². The minimum atomic E-state index is 0.914. The molecule has 1 N–H and O–H groups in total. The van der Waals surface area contributed by atoms with Crippen molar-refractivity contribution >= 4 is 5.69 Å². The summed E-state index contributed by atoms with van der Waals surface area (Å²) in [4.78, 5) is 0. The van der Waals surface area contributed by atoms with Crippen LogP contribution in [-0.4, -0.2) is 16.3 Å². The van der Waals surface area contributed by atoms with E-state index in [0.717, 1.165) is 18.7 Å². The molecule has 88 valence electrons. The van der Waals surface area contributed by atoms with E-state index in [1.807, 2.05) is 17.9 Å². The summed E-state index contributed by atoms with van der Waals surface area (Å²) in [6, 6.07) is 8.67.